The summed E-state index contributed by atoms with van der Waals surface area (Å²) >= 11 is 0. The van der Waals surface area contributed by atoms with Gasteiger partial charge in [-0.2, -0.15) is 0 Å². The molecule has 11 heteroatoms. The number of ether oxygens (including phenoxy) is 1. The highest BCUT2D eigenvalue weighted by molar-refractivity contribution is 5.93. The van der Waals surface area contributed by atoms with Gasteiger partial charge in [0.1, 0.15) is 23.7 Å². The van der Waals surface area contributed by atoms with E-state index in [4.69, 9.17) is 4.74 Å². The molecular weight excluding hydrogens is 432 g/mol. The Kier molecular flexibility index (Phi) is 11.1. The van der Waals surface area contributed by atoms with Crippen LogP contribution in [0, 0.1) is 5.92 Å². The Morgan fingerprint density at radius 1 is 1.09 bits per heavy atom. The van der Waals surface area contributed by atoms with Gasteiger partial charge in [-0.3, -0.25) is 14.4 Å². The Morgan fingerprint density at radius 3 is 2.33 bits per heavy atom. The first kappa shape index (κ1) is 28.2. The smallest absolute Gasteiger partial charge is 0.408 e. The standard InChI is InChI=1S/C22H38N4O7/c1-13(2)12-16-19(29)24-15(20(30)31)9-10-17(27)23-11-7-6-8-14(18(28)25-16)26-21(32)33-22(3,4)5/h13-16H,6-12H2,1-5H3,(H,23,27)(H,24,29)(H,25,28)(H,26,32)(H,30,31)/t14-,15-,16-/m0/s1. The van der Waals surface area contributed by atoms with Crippen molar-refractivity contribution in [1.29, 1.82) is 0 Å². The normalized spacial score (nSPS) is 23.9. The summed E-state index contributed by atoms with van der Waals surface area (Å²) in [5.41, 5.74) is -0.753. The molecule has 0 aromatic heterocycles. The summed E-state index contributed by atoms with van der Waals surface area (Å²) in [7, 11) is 0. The third-order valence-corrected chi connectivity index (χ3v) is 4.86. The van der Waals surface area contributed by atoms with E-state index >= 15 is 0 Å². The van der Waals surface area contributed by atoms with E-state index in [1.165, 1.54) is 0 Å². The molecule has 11 nitrogen and oxygen atoms in total. The number of carbonyl (C=O) groups excluding carboxylic acids is 4. The van der Waals surface area contributed by atoms with Crippen LogP contribution in [0.25, 0.3) is 0 Å². The molecule has 33 heavy (non-hydrogen) atoms. The van der Waals surface area contributed by atoms with E-state index in [2.05, 4.69) is 21.3 Å². The Morgan fingerprint density at radius 2 is 1.76 bits per heavy atom. The van der Waals surface area contributed by atoms with Gasteiger partial charge in [0.05, 0.1) is 0 Å². The SMILES string of the molecule is CC(C)C[C@@H]1NC(=O)[C@@H](NC(=O)OC(C)(C)C)CCCCNC(=O)CC[C@@H](C(=O)O)NC1=O. The number of rotatable bonds is 4. The zero-order chi connectivity index (χ0) is 25.2. The second-order valence-electron chi connectivity index (χ2n) is 9.67. The molecule has 188 valence electrons. The van der Waals surface area contributed by atoms with Crippen LogP contribution in [0.5, 0.6) is 0 Å². The molecule has 0 bridgehead atoms. The highest BCUT2D eigenvalue weighted by Crippen LogP contribution is 2.11. The van der Waals surface area contributed by atoms with Crippen molar-refractivity contribution in [2.45, 2.75) is 96.9 Å². The fourth-order valence-corrected chi connectivity index (χ4v) is 3.29. The van der Waals surface area contributed by atoms with Crippen molar-refractivity contribution in [1.82, 2.24) is 21.3 Å². The molecule has 5 N–H and O–H groups in total. The lowest BCUT2D eigenvalue weighted by Crippen LogP contribution is -2.56. The molecule has 0 aliphatic carbocycles. The van der Waals surface area contributed by atoms with Gasteiger partial charge < -0.3 is 31.1 Å². The average Bonchev–Trinajstić information content (AvgIpc) is 2.66. The Bertz CT molecular complexity index is 718. The van der Waals surface area contributed by atoms with Crippen molar-refractivity contribution in [3.05, 3.63) is 0 Å². The number of amides is 4. The van der Waals surface area contributed by atoms with Crippen molar-refractivity contribution < 1.29 is 33.8 Å². The number of hydrogen-bond acceptors (Lipinski definition) is 6. The number of carboxylic acid groups (broad SMARTS) is 1. The number of carbonyl (C=O) groups is 5. The minimum atomic E-state index is -1.27. The quantitative estimate of drug-likeness (QED) is 0.410. The maximum Gasteiger partial charge on any atom is 0.408 e. The van der Waals surface area contributed by atoms with Crippen LogP contribution in [-0.4, -0.2) is 65.2 Å². The third-order valence-electron chi connectivity index (χ3n) is 4.86. The average molecular weight is 471 g/mol. The number of alkyl carbamates (subject to hydrolysis) is 1. The molecule has 4 amide bonds. The second kappa shape index (κ2) is 13.0. The van der Waals surface area contributed by atoms with E-state index in [0.29, 0.717) is 19.4 Å². The molecule has 1 aliphatic rings. The molecule has 0 aromatic carbocycles. The Balaban J connectivity index is 3.10. The van der Waals surface area contributed by atoms with Gasteiger partial charge in [-0.05, 0) is 58.8 Å². The first-order valence-electron chi connectivity index (χ1n) is 11.4. The highest BCUT2D eigenvalue weighted by atomic mass is 16.6. The molecule has 0 radical (unpaired) electrons. The molecule has 1 saturated heterocycles. The summed E-state index contributed by atoms with van der Waals surface area (Å²) in [5.74, 6) is -2.78. The van der Waals surface area contributed by atoms with Gasteiger partial charge in [-0.1, -0.05) is 13.8 Å². The van der Waals surface area contributed by atoms with Crippen LogP contribution < -0.4 is 21.3 Å². The molecule has 0 saturated carbocycles. The maximum atomic E-state index is 13.0. The van der Waals surface area contributed by atoms with E-state index < -0.39 is 47.6 Å². The van der Waals surface area contributed by atoms with E-state index in [0.717, 1.165) is 0 Å². The van der Waals surface area contributed by atoms with Crippen LogP contribution in [0.15, 0.2) is 0 Å². The van der Waals surface area contributed by atoms with Crippen LogP contribution in [0.2, 0.25) is 0 Å². The number of carboxylic acids is 1. The highest BCUT2D eigenvalue weighted by Gasteiger charge is 2.31. The van der Waals surface area contributed by atoms with Crippen molar-refractivity contribution in [3.63, 3.8) is 0 Å². The summed E-state index contributed by atoms with van der Waals surface area (Å²) < 4.78 is 5.25. The summed E-state index contributed by atoms with van der Waals surface area (Å²) in [6, 6.07) is -3.23. The summed E-state index contributed by atoms with van der Waals surface area (Å²) in [5, 5.41) is 19.8. The van der Waals surface area contributed by atoms with Gasteiger partial charge in [0.15, 0.2) is 0 Å². The lowest BCUT2D eigenvalue weighted by Gasteiger charge is -2.26. The largest absolute Gasteiger partial charge is 0.480 e. The van der Waals surface area contributed by atoms with Gasteiger partial charge in [0.25, 0.3) is 0 Å². The molecule has 1 fully saturated rings. The van der Waals surface area contributed by atoms with Gasteiger partial charge in [0, 0.05) is 13.0 Å². The number of nitrogens with one attached hydrogen (secondary N) is 4. The van der Waals surface area contributed by atoms with E-state index in [-0.39, 0.29) is 37.5 Å². The molecule has 0 unspecified atom stereocenters. The monoisotopic (exact) mass is 470 g/mol. The maximum absolute atomic E-state index is 13.0. The molecule has 0 aromatic rings. The predicted molar refractivity (Wildman–Crippen MR) is 120 cm³/mol. The van der Waals surface area contributed by atoms with Crippen molar-refractivity contribution >= 4 is 29.8 Å². The predicted octanol–water partition coefficient (Wildman–Crippen LogP) is 1.06. The zero-order valence-electron chi connectivity index (χ0n) is 20.2. The van der Waals surface area contributed by atoms with Crippen LogP contribution in [-0.2, 0) is 23.9 Å². The van der Waals surface area contributed by atoms with Gasteiger partial charge in [-0.15, -0.1) is 0 Å². The van der Waals surface area contributed by atoms with Crippen molar-refractivity contribution in [2.75, 3.05) is 6.54 Å². The fourth-order valence-electron chi connectivity index (χ4n) is 3.29. The molecule has 1 aliphatic heterocycles. The van der Waals surface area contributed by atoms with Crippen LogP contribution in [0.3, 0.4) is 0 Å². The molecule has 1 rings (SSSR count). The third kappa shape index (κ3) is 11.5. The van der Waals surface area contributed by atoms with Crippen LogP contribution >= 0.6 is 0 Å². The van der Waals surface area contributed by atoms with Gasteiger partial charge in [0.2, 0.25) is 17.7 Å². The van der Waals surface area contributed by atoms with E-state index in [9.17, 15) is 29.1 Å². The van der Waals surface area contributed by atoms with Gasteiger partial charge >= 0.3 is 12.1 Å². The first-order valence-corrected chi connectivity index (χ1v) is 11.4. The number of hydrogen-bond donors (Lipinski definition) is 5. The fraction of sp³-hybridized carbons (Fsp3) is 0.773. The second-order valence-corrected chi connectivity index (χ2v) is 9.67. The van der Waals surface area contributed by atoms with Crippen molar-refractivity contribution in [2.24, 2.45) is 5.92 Å². The molecule has 0 spiro atoms. The Labute approximate surface area is 194 Å². The zero-order valence-corrected chi connectivity index (χ0v) is 20.2. The van der Waals surface area contributed by atoms with Gasteiger partial charge in [-0.25, -0.2) is 9.59 Å². The molecular formula is C22H38N4O7. The lowest BCUT2D eigenvalue weighted by atomic mass is 10.0. The van der Waals surface area contributed by atoms with Crippen LogP contribution in [0.4, 0.5) is 4.79 Å². The first-order chi connectivity index (χ1) is 15.3. The molecule has 1 heterocycles. The van der Waals surface area contributed by atoms with Crippen molar-refractivity contribution in [3.8, 4) is 0 Å². The number of aliphatic carboxylic acids is 1. The summed E-state index contributed by atoms with van der Waals surface area (Å²) in [6.45, 7) is 9.18. The minimum Gasteiger partial charge on any atom is -0.480 e. The summed E-state index contributed by atoms with van der Waals surface area (Å²) in [6.07, 6.45) is 0.732. The minimum absolute atomic E-state index is 0.0226. The topological polar surface area (TPSA) is 163 Å². The molecule has 3 atom stereocenters. The summed E-state index contributed by atoms with van der Waals surface area (Å²) in [4.78, 5) is 61.7. The Hall–Kier alpha value is -2.85. The van der Waals surface area contributed by atoms with Crippen LogP contribution in [0.1, 0.15) is 73.1 Å². The van der Waals surface area contributed by atoms with E-state index in [1.807, 2.05) is 13.8 Å². The van der Waals surface area contributed by atoms with E-state index in [1.54, 1.807) is 20.8 Å². The lowest BCUT2D eigenvalue weighted by molar-refractivity contribution is -0.142.